The van der Waals surface area contributed by atoms with Crippen molar-refractivity contribution in [2.75, 3.05) is 19.4 Å². The fraction of sp³-hybridized carbons (Fsp3) is 0.467. The zero-order valence-corrected chi connectivity index (χ0v) is 16.3. The van der Waals surface area contributed by atoms with Gasteiger partial charge in [-0.05, 0) is 29.8 Å². The third-order valence-corrected chi connectivity index (χ3v) is 4.66. The molecule has 0 unspecified atom stereocenters. The molecule has 0 atom stereocenters. The molecule has 26 heavy (non-hydrogen) atoms. The molecule has 8 nitrogen and oxygen atoms in total. The summed E-state index contributed by atoms with van der Waals surface area (Å²) in [5.74, 6) is -0.815. The van der Waals surface area contributed by atoms with E-state index in [1.165, 1.54) is 20.5 Å². The predicted octanol–water partition coefficient (Wildman–Crippen LogP) is 2.45. The van der Waals surface area contributed by atoms with Crippen LogP contribution >= 0.6 is 15.9 Å². The standard InChI is InChI=1S/C15H19BrF2N6O2/c1-5-23-13(15(26)22(3)4)9(6-19-23)20-10(25)7-24-8(2)11(16)12(21-24)14(17)18/h6,14H,5,7H2,1-4H3,(H,20,25). The van der Waals surface area contributed by atoms with Gasteiger partial charge < -0.3 is 10.2 Å². The van der Waals surface area contributed by atoms with Crippen LogP contribution in [-0.2, 0) is 17.9 Å². The summed E-state index contributed by atoms with van der Waals surface area (Å²) >= 11 is 3.06. The molecular formula is C15H19BrF2N6O2. The van der Waals surface area contributed by atoms with Crippen LogP contribution < -0.4 is 5.32 Å². The van der Waals surface area contributed by atoms with E-state index in [-0.39, 0.29) is 28.3 Å². The average Bonchev–Trinajstić information content (AvgIpc) is 3.09. The highest BCUT2D eigenvalue weighted by Gasteiger charge is 2.23. The summed E-state index contributed by atoms with van der Waals surface area (Å²) in [4.78, 5) is 26.0. The highest BCUT2D eigenvalue weighted by Crippen LogP contribution is 2.29. The Bertz CT molecular complexity index is 830. The van der Waals surface area contributed by atoms with E-state index >= 15 is 0 Å². The van der Waals surface area contributed by atoms with Gasteiger partial charge in [0.25, 0.3) is 12.3 Å². The Hall–Kier alpha value is -2.30. The van der Waals surface area contributed by atoms with Crippen LogP contribution in [0.25, 0.3) is 0 Å². The van der Waals surface area contributed by atoms with E-state index in [1.54, 1.807) is 21.0 Å². The zero-order chi connectivity index (χ0) is 19.6. The van der Waals surface area contributed by atoms with Gasteiger partial charge in [-0.25, -0.2) is 8.78 Å². The van der Waals surface area contributed by atoms with Crippen LogP contribution in [0.2, 0.25) is 0 Å². The monoisotopic (exact) mass is 432 g/mol. The number of hydrogen-bond donors (Lipinski definition) is 1. The number of aryl methyl sites for hydroxylation is 1. The number of carbonyl (C=O) groups is 2. The summed E-state index contributed by atoms with van der Waals surface area (Å²) in [6, 6.07) is 0. The van der Waals surface area contributed by atoms with Gasteiger partial charge in [-0.2, -0.15) is 10.2 Å². The lowest BCUT2D eigenvalue weighted by atomic mass is 10.3. The van der Waals surface area contributed by atoms with E-state index in [0.717, 1.165) is 0 Å². The van der Waals surface area contributed by atoms with Crippen molar-refractivity contribution in [2.24, 2.45) is 0 Å². The Morgan fingerprint density at radius 3 is 2.50 bits per heavy atom. The fourth-order valence-corrected chi connectivity index (χ4v) is 2.78. The summed E-state index contributed by atoms with van der Waals surface area (Å²) in [5.41, 5.74) is 0.493. The third-order valence-electron chi connectivity index (χ3n) is 3.68. The summed E-state index contributed by atoms with van der Waals surface area (Å²) in [5, 5.41) is 10.4. The molecule has 2 aromatic heterocycles. The number of nitrogens with one attached hydrogen (secondary N) is 1. The van der Waals surface area contributed by atoms with Gasteiger partial charge in [-0.15, -0.1) is 0 Å². The van der Waals surface area contributed by atoms with Crippen molar-refractivity contribution in [2.45, 2.75) is 33.4 Å². The Kier molecular flexibility index (Phi) is 6.11. The molecule has 0 saturated heterocycles. The number of alkyl halides is 2. The van der Waals surface area contributed by atoms with E-state index in [1.807, 2.05) is 6.92 Å². The largest absolute Gasteiger partial charge is 0.343 e. The molecule has 0 fully saturated rings. The molecule has 0 radical (unpaired) electrons. The second kappa shape index (κ2) is 7.94. The summed E-state index contributed by atoms with van der Waals surface area (Å²) in [6.45, 7) is 3.58. The smallest absolute Gasteiger partial charge is 0.283 e. The van der Waals surface area contributed by atoms with Crippen molar-refractivity contribution in [3.8, 4) is 0 Å². The lowest BCUT2D eigenvalue weighted by molar-refractivity contribution is -0.117. The Morgan fingerprint density at radius 2 is 2.00 bits per heavy atom. The molecule has 0 aromatic carbocycles. The normalized spacial score (nSPS) is 11.1. The minimum Gasteiger partial charge on any atom is -0.343 e. The van der Waals surface area contributed by atoms with Gasteiger partial charge in [0.1, 0.15) is 17.9 Å². The number of carbonyl (C=O) groups excluding carboxylic acids is 2. The van der Waals surface area contributed by atoms with Crippen molar-refractivity contribution in [3.63, 3.8) is 0 Å². The number of amides is 2. The van der Waals surface area contributed by atoms with E-state index in [4.69, 9.17) is 0 Å². The molecular weight excluding hydrogens is 414 g/mol. The first-order valence-electron chi connectivity index (χ1n) is 7.75. The lowest BCUT2D eigenvalue weighted by Crippen LogP contribution is -2.27. The topological polar surface area (TPSA) is 85.0 Å². The van der Waals surface area contributed by atoms with Crippen LogP contribution in [0.3, 0.4) is 0 Å². The number of halogens is 3. The predicted molar refractivity (Wildman–Crippen MR) is 94.2 cm³/mol. The molecule has 0 bridgehead atoms. The van der Waals surface area contributed by atoms with Crippen LogP contribution in [0.5, 0.6) is 0 Å². The van der Waals surface area contributed by atoms with Crippen LogP contribution in [0, 0.1) is 6.92 Å². The molecule has 2 rings (SSSR count). The first kappa shape index (κ1) is 20.0. The molecule has 2 aromatic rings. The van der Waals surface area contributed by atoms with E-state index in [2.05, 4.69) is 31.4 Å². The molecule has 0 aliphatic rings. The van der Waals surface area contributed by atoms with E-state index in [9.17, 15) is 18.4 Å². The van der Waals surface area contributed by atoms with Crippen molar-refractivity contribution >= 4 is 33.4 Å². The first-order valence-corrected chi connectivity index (χ1v) is 8.54. The van der Waals surface area contributed by atoms with Gasteiger partial charge in [-0.1, -0.05) is 0 Å². The summed E-state index contributed by atoms with van der Waals surface area (Å²) in [7, 11) is 3.19. The maximum Gasteiger partial charge on any atom is 0.283 e. The quantitative estimate of drug-likeness (QED) is 0.759. The van der Waals surface area contributed by atoms with Crippen molar-refractivity contribution in [1.82, 2.24) is 24.5 Å². The van der Waals surface area contributed by atoms with Crippen molar-refractivity contribution in [3.05, 3.63) is 27.8 Å². The lowest BCUT2D eigenvalue weighted by Gasteiger charge is -2.13. The second-order valence-electron chi connectivity index (χ2n) is 5.71. The number of nitrogens with zero attached hydrogens (tertiary/aromatic N) is 5. The maximum atomic E-state index is 12.9. The molecule has 0 spiro atoms. The second-order valence-corrected chi connectivity index (χ2v) is 6.51. The molecule has 2 amide bonds. The van der Waals surface area contributed by atoms with Gasteiger partial charge in [-0.3, -0.25) is 19.0 Å². The number of anilines is 1. The summed E-state index contributed by atoms with van der Waals surface area (Å²) < 4.78 is 28.6. The van der Waals surface area contributed by atoms with Gasteiger partial charge in [0, 0.05) is 20.6 Å². The molecule has 2 heterocycles. The van der Waals surface area contributed by atoms with Crippen molar-refractivity contribution in [1.29, 1.82) is 0 Å². The highest BCUT2D eigenvalue weighted by atomic mass is 79.9. The fourth-order valence-electron chi connectivity index (χ4n) is 2.32. The average molecular weight is 433 g/mol. The van der Waals surface area contributed by atoms with Gasteiger partial charge in [0.2, 0.25) is 5.91 Å². The number of hydrogen-bond acceptors (Lipinski definition) is 4. The van der Waals surface area contributed by atoms with Gasteiger partial charge >= 0.3 is 0 Å². The number of aromatic nitrogens is 4. The maximum absolute atomic E-state index is 12.9. The number of rotatable bonds is 6. The Balaban J connectivity index is 2.23. The van der Waals surface area contributed by atoms with E-state index < -0.39 is 18.0 Å². The molecule has 1 N–H and O–H groups in total. The Labute approximate surface area is 157 Å². The third kappa shape index (κ3) is 3.92. The van der Waals surface area contributed by atoms with Crippen LogP contribution in [-0.4, -0.2) is 50.4 Å². The molecule has 142 valence electrons. The highest BCUT2D eigenvalue weighted by molar-refractivity contribution is 9.10. The Morgan fingerprint density at radius 1 is 1.35 bits per heavy atom. The molecule has 0 aliphatic heterocycles. The minimum absolute atomic E-state index is 0.169. The van der Waals surface area contributed by atoms with Crippen LogP contribution in [0.15, 0.2) is 10.7 Å². The van der Waals surface area contributed by atoms with Crippen LogP contribution in [0.4, 0.5) is 14.5 Å². The minimum atomic E-state index is -2.75. The van der Waals surface area contributed by atoms with E-state index in [0.29, 0.717) is 12.2 Å². The SMILES string of the molecule is CCn1ncc(NC(=O)Cn2nc(C(F)F)c(Br)c2C)c1C(=O)N(C)C. The van der Waals surface area contributed by atoms with Crippen molar-refractivity contribution < 1.29 is 18.4 Å². The molecule has 0 aliphatic carbocycles. The van der Waals surface area contributed by atoms with Gasteiger partial charge in [0.05, 0.1) is 22.1 Å². The first-order chi connectivity index (χ1) is 12.2. The molecule has 0 saturated carbocycles. The molecule has 11 heteroatoms. The zero-order valence-electron chi connectivity index (χ0n) is 14.8. The van der Waals surface area contributed by atoms with Crippen LogP contribution in [0.1, 0.15) is 35.2 Å². The van der Waals surface area contributed by atoms with Gasteiger partial charge in [0.15, 0.2) is 0 Å². The summed E-state index contributed by atoms with van der Waals surface area (Å²) in [6.07, 6.45) is -1.37.